The van der Waals surface area contributed by atoms with Crippen molar-refractivity contribution in [2.45, 2.75) is 39.4 Å². The first-order chi connectivity index (χ1) is 9.83. The number of nitrogens with one attached hydrogen (secondary N) is 1. The summed E-state index contributed by atoms with van der Waals surface area (Å²) >= 11 is 5.26. The highest BCUT2D eigenvalue weighted by Crippen LogP contribution is 2.22. The lowest BCUT2D eigenvalue weighted by Crippen LogP contribution is -2.35. The summed E-state index contributed by atoms with van der Waals surface area (Å²) in [5.74, 6) is 1.01. The Labute approximate surface area is 139 Å². The van der Waals surface area contributed by atoms with Crippen molar-refractivity contribution >= 4 is 33.1 Å². The van der Waals surface area contributed by atoms with Crippen LogP contribution in [0.4, 0.5) is 5.82 Å². The molecule has 2 aromatic heterocycles. The number of thiophene rings is 1. The lowest BCUT2D eigenvalue weighted by Gasteiger charge is -2.21. The van der Waals surface area contributed by atoms with Gasteiger partial charge in [-0.2, -0.15) is 0 Å². The number of anilines is 1. The molecule has 114 valence electrons. The molecule has 3 nitrogen and oxygen atoms in total. The third kappa shape index (κ3) is 5.41. The first kappa shape index (κ1) is 16.5. The first-order valence-corrected chi connectivity index (χ1v) is 8.66. The van der Waals surface area contributed by atoms with Gasteiger partial charge >= 0.3 is 0 Å². The summed E-state index contributed by atoms with van der Waals surface area (Å²) < 4.78 is 1.15. The van der Waals surface area contributed by atoms with E-state index in [0.717, 1.165) is 29.1 Å². The molecule has 2 aromatic rings. The van der Waals surface area contributed by atoms with E-state index in [4.69, 9.17) is 4.98 Å². The minimum absolute atomic E-state index is 0.104. The molecule has 0 radical (unpaired) electrons. The molecule has 2 rings (SSSR count). The van der Waals surface area contributed by atoms with Crippen LogP contribution in [0.5, 0.6) is 0 Å². The summed E-state index contributed by atoms with van der Waals surface area (Å²) in [6.45, 7) is 8.15. The minimum atomic E-state index is 0.104. The molecule has 0 aromatic carbocycles. The maximum absolute atomic E-state index is 4.74. The number of pyridine rings is 1. The fourth-order valence-corrected chi connectivity index (χ4v) is 3.39. The molecule has 0 aliphatic carbocycles. The molecule has 0 amide bonds. The third-order valence-electron chi connectivity index (χ3n) is 3.00. The van der Waals surface area contributed by atoms with Gasteiger partial charge in [0.15, 0.2) is 0 Å². The van der Waals surface area contributed by atoms with Crippen LogP contribution in [0.15, 0.2) is 34.1 Å². The molecule has 0 bridgehead atoms. The van der Waals surface area contributed by atoms with E-state index in [-0.39, 0.29) is 5.54 Å². The normalized spacial score (nSPS) is 11.7. The van der Waals surface area contributed by atoms with Gasteiger partial charge in [-0.05, 0) is 54.9 Å². The van der Waals surface area contributed by atoms with Crippen molar-refractivity contribution in [3.63, 3.8) is 0 Å². The zero-order valence-electron chi connectivity index (χ0n) is 13.0. The molecule has 0 unspecified atom stereocenters. The molecule has 0 spiro atoms. The Kier molecular flexibility index (Phi) is 5.41. The maximum Gasteiger partial charge on any atom is 0.128 e. The van der Waals surface area contributed by atoms with Crippen LogP contribution in [0, 0.1) is 0 Å². The second-order valence-corrected chi connectivity index (χ2v) is 8.09. The SMILES string of the molecule is CN(Cc1cc(Br)cs1)c1cccc(CNC(C)(C)C)n1. The highest BCUT2D eigenvalue weighted by molar-refractivity contribution is 9.10. The number of hydrogen-bond acceptors (Lipinski definition) is 4. The smallest absolute Gasteiger partial charge is 0.128 e. The van der Waals surface area contributed by atoms with Gasteiger partial charge in [0.25, 0.3) is 0 Å². The van der Waals surface area contributed by atoms with Crippen molar-refractivity contribution in [2.75, 3.05) is 11.9 Å². The average Bonchev–Trinajstić information content (AvgIpc) is 2.81. The standard InChI is InChI=1S/C16H22BrN3S/c1-16(2,3)18-9-13-6-5-7-15(19-13)20(4)10-14-8-12(17)11-21-14/h5-8,11,18H,9-10H2,1-4H3. The highest BCUT2D eigenvalue weighted by Gasteiger charge is 2.10. The van der Waals surface area contributed by atoms with Crippen molar-refractivity contribution < 1.29 is 0 Å². The summed E-state index contributed by atoms with van der Waals surface area (Å²) in [4.78, 5) is 8.24. The van der Waals surface area contributed by atoms with Crippen molar-refractivity contribution in [3.8, 4) is 0 Å². The van der Waals surface area contributed by atoms with Crippen LogP contribution in [0.3, 0.4) is 0 Å². The Morgan fingerprint density at radius 2 is 2.10 bits per heavy atom. The van der Waals surface area contributed by atoms with Crippen LogP contribution in [0.2, 0.25) is 0 Å². The molecular formula is C16H22BrN3S. The fraction of sp³-hybridized carbons (Fsp3) is 0.438. The van der Waals surface area contributed by atoms with Crippen LogP contribution in [-0.2, 0) is 13.1 Å². The lowest BCUT2D eigenvalue weighted by atomic mass is 10.1. The van der Waals surface area contributed by atoms with E-state index in [0.29, 0.717) is 0 Å². The summed E-state index contributed by atoms with van der Waals surface area (Å²) in [6, 6.07) is 8.36. The Bertz CT molecular complexity index is 589. The molecule has 2 heterocycles. The number of nitrogens with zero attached hydrogens (tertiary/aromatic N) is 2. The van der Waals surface area contributed by atoms with E-state index in [2.05, 4.69) is 83.6 Å². The van der Waals surface area contributed by atoms with E-state index in [9.17, 15) is 0 Å². The Balaban J connectivity index is 2.02. The molecule has 0 saturated heterocycles. The van der Waals surface area contributed by atoms with Gasteiger partial charge in [0, 0.05) is 33.9 Å². The van der Waals surface area contributed by atoms with Gasteiger partial charge < -0.3 is 10.2 Å². The lowest BCUT2D eigenvalue weighted by molar-refractivity contribution is 0.421. The minimum Gasteiger partial charge on any atom is -0.355 e. The van der Waals surface area contributed by atoms with Gasteiger partial charge in [0.05, 0.1) is 12.2 Å². The number of hydrogen-bond donors (Lipinski definition) is 1. The molecule has 0 aliphatic heterocycles. The van der Waals surface area contributed by atoms with E-state index >= 15 is 0 Å². The predicted octanol–water partition coefficient (Wildman–Crippen LogP) is 4.43. The van der Waals surface area contributed by atoms with E-state index in [1.807, 2.05) is 0 Å². The molecule has 5 heteroatoms. The summed E-state index contributed by atoms with van der Waals surface area (Å²) in [7, 11) is 2.08. The first-order valence-electron chi connectivity index (χ1n) is 6.98. The zero-order valence-corrected chi connectivity index (χ0v) is 15.4. The molecule has 1 N–H and O–H groups in total. The molecular weight excluding hydrogens is 346 g/mol. The van der Waals surface area contributed by atoms with Gasteiger partial charge in [-0.25, -0.2) is 4.98 Å². The van der Waals surface area contributed by atoms with Crippen LogP contribution in [-0.4, -0.2) is 17.6 Å². The third-order valence-corrected chi connectivity index (χ3v) is 4.68. The Hall–Kier alpha value is -0.910. The maximum atomic E-state index is 4.74. The van der Waals surface area contributed by atoms with Crippen LogP contribution >= 0.6 is 27.3 Å². The number of aromatic nitrogens is 1. The second kappa shape index (κ2) is 6.90. The average molecular weight is 368 g/mol. The molecule has 21 heavy (non-hydrogen) atoms. The largest absolute Gasteiger partial charge is 0.355 e. The van der Waals surface area contributed by atoms with Gasteiger partial charge in [-0.15, -0.1) is 11.3 Å². The van der Waals surface area contributed by atoms with Crippen molar-refractivity contribution in [2.24, 2.45) is 0 Å². The number of rotatable bonds is 5. The Morgan fingerprint density at radius 3 is 2.71 bits per heavy atom. The molecule has 0 saturated carbocycles. The molecule has 0 aliphatic rings. The predicted molar refractivity (Wildman–Crippen MR) is 95.0 cm³/mol. The van der Waals surface area contributed by atoms with Crippen molar-refractivity contribution in [1.82, 2.24) is 10.3 Å². The summed E-state index contributed by atoms with van der Waals surface area (Å²) in [5, 5.41) is 5.58. The van der Waals surface area contributed by atoms with E-state index in [1.165, 1.54) is 4.88 Å². The monoisotopic (exact) mass is 367 g/mol. The fourth-order valence-electron chi connectivity index (χ4n) is 1.89. The van der Waals surface area contributed by atoms with Gasteiger partial charge in [-0.3, -0.25) is 0 Å². The van der Waals surface area contributed by atoms with Crippen LogP contribution in [0.25, 0.3) is 0 Å². The molecule has 0 atom stereocenters. The Morgan fingerprint density at radius 1 is 1.33 bits per heavy atom. The summed E-state index contributed by atoms with van der Waals surface area (Å²) in [6.07, 6.45) is 0. The highest BCUT2D eigenvalue weighted by atomic mass is 79.9. The molecule has 0 fully saturated rings. The van der Waals surface area contributed by atoms with Crippen molar-refractivity contribution in [3.05, 3.63) is 44.7 Å². The van der Waals surface area contributed by atoms with E-state index in [1.54, 1.807) is 11.3 Å². The van der Waals surface area contributed by atoms with Crippen LogP contribution in [0.1, 0.15) is 31.3 Å². The van der Waals surface area contributed by atoms with Crippen molar-refractivity contribution in [1.29, 1.82) is 0 Å². The van der Waals surface area contributed by atoms with Gasteiger partial charge in [-0.1, -0.05) is 6.07 Å². The quantitative estimate of drug-likeness (QED) is 0.846. The van der Waals surface area contributed by atoms with Gasteiger partial charge in [0.2, 0.25) is 0 Å². The van der Waals surface area contributed by atoms with E-state index < -0.39 is 0 Å². The van der Waals surface area contributed by atoms with Crippen LogP contribution < -0.4 is 10.2 Å². The topological polar surface area (TPSA) is 28.2 Å². The van der Waals surface area contributed by atoms with Gasteiger partial charge in [0.1, 0.15) is 5.82 Å². The zero-order chi connectivity index (χ0) is 15.5. The number of halogens is 1. The second-order valence-electron chi connectivity index (χ2n) is 6.18. The summed E-state index contributed by atoms with van der Waals surface area (Å²) in [5.41, 5.74) is 1.17.